The number of hydrazone groups is 1. The highest BCUT2D eigenvalue weighted by Crippen LogP contribution is 2.28. The number of anilines is 1. The van der Waals surface area contributed by atoms with Gasteiger partial charge in [-0.2, -0.15) is 5.10 Å². The number of methoxy groups -OCH3 is 1. The lowest BCUT2D eigenvalue weighted by Crippen LogP contribution is -2.38. The zero-order chi connectivity index (χ0) is 27.0. The predicted octanol–water partition coefficient (Wildman–Crippen LogP) is 2.49. The molecule has 3 N–H and O–H groups in total. The summed E-state index contributed by atoms with van der Waals surface area (Å²) in [5.74, 6) is -0.632. The van der Waals surface area contributed by atoms with Gasteiger partial charge in [-0.25, -0.2) is 5.43 Å². The van der Waals surface area contributed by atoms with Gasteiger partial charge in [0.25, 0.3) is 5.91 Å². The Kier molecular flexibility index (Phi) is 12.4. The van der Waals surface area contributed by atoms with E-state index in [-0.39, 0.29) is 18.6 Å². The van der Waals surface area contributed by atoms with Gasteiger partial charge in [0, 0.05) is 24.9 Å². The number of nitrogens with one attached hydrogen (secondary N) is 3. The van der Waals surface area contributed by atoms with E-state index in [0.717, 1.165) is 0 Å². The number of ether oxygens (including phenoxy) is 4. The average Bonchev–Trinajstić information content (AvgIpc) is 2.88. The highest BCUT2D eigenvalue weighted by atomic mass is 16.5. The lowest BCUT2D eigenvalue weighted by molar-refractivity contribution is -0.139. The van der Waals surface area contributed by atoms with E-state index in [4.69, 9.17) is 18.9 Å². The number of benzene rings is 2. The third kappa shape index (κ3) is 11.0. The summed E-state index contributed by atoms with van der Waals surface area (Å²) in [7, 11) is 1.55. The molecule has 2 aromatic carbocycles. The van der Waals surface area contributed by atoms with Gasteiger partial charge in [-0.3, -0.25) is 14.4 Å². The van der Waals surface area contributed by atoms with Crippen LogP contribution in [-0.2, 0) is 19.1 Å². The number of nitrogens with zero attached hydrogens (tertiary/aromatic N) is 1. The lowest BCUT2D eigenvalue weighted by Gasteiger charge is -2.13. The fraction of sp³-hybridized carbons (Fsp3) is 0.385. The van der Waals surface area contributed by atoms with E-state index in [1.807, 2.05) is 20.8 Å². The SMILES string of the molecule is CCOc1cc(/C=N\NC(=O)C(=O)NCCCOC(C)C)ccc1OCC(=O)Nc1cccc(OC)c1. The van der Waals surface area contributed by atoms with Crippen molar-refractivity contribution in [2.45, 2.75) is 33.3 Å². The molecule has 2 rings (SSSR count). The molecule has 11 heteroatoms. The number of carbonyl (C=O) groups is 3. The summed E-state index contributed by atoms with van der Waals surface area (Å²) >= 11 is 0. The molecule has 0 aliphatic carbocycles. The first kappa shape index (κ1) is 29.1. The minimum absolute atomic E-state index is 0.112. The summed E-state index contributed by atoms with van der Waals surface area (Å²) in [6, 6.07) is 11.9. The highest BCUT2D eigenvalue weighted by Gasteiger charge is 2.12. The summed E-state index contributed by atoms with van der Waals surface area (Å²) in [6.45, 7) is 6.60. The molecule has 0 aliphatic rings. The van der Waals surface area contributed by atoms with Crippen molar-refractivity contribution in [2.75, 3.05) is 38.8 Å². The summed E-state index contributed by atoms with van der Waals surface area (Å²) in [5.41, 5.74) is 3.35. The van der Waals surface area contributed by atoms with Gasteiger partial charge in [0.1, 0.15) is 5.75 Å². The molecule has 37 heavy (non-hydrogen) atoms. The van der Waals surface area contributed by atoms with Gasteiger partial charge in [-0.05, 0) is 63.1 Å². The molecule has 2 aromatic rings. The number of rotatable bonds is 14. The molecule has 11 nitrogen and oxygen atoms in total. The number of carbonyl (C=O) groups excluding carboxylic acids is 3. The van der Waals surface area contributed by atoms with Gasteiger partial charge in [0.05, 0.1) is 26.0 Å². The zero-order valence-corrected chi connectivity index (χ0v) is 21.5. The van der Waals surface area contributed by atoms with E-state index in [0.29, 0.717) is 54.7 Å². The van der Waals surface area contributed by atoms with Crippen LogP contribution in [0.5, 0.6) is 17.2 Å². The second-order valence-electron chi connectivity index (χ2n) is 7.94. The molecule has 0 bridgehead atoms. The summed E-state index contributed by atoms with van der Waals surface area (Å²) in [6.07, 6.45) is 2.07. The Morgan fingerprint density at radius 3 is 2.57 bits per heavy atom. The molecule has 0 saturated carbocycles. The van der Waals surface area contributed by atoms with Crippen LogP contribution in [-0.4, -0.2) is 63.5 Å². The fourth-order valence-electron chi connectivity index (χ4n) is 2.92. The van der Waals surface area contributed by atoms with E-state index >= 15 is 0 Å². The third-order valence-corrected chi connectivity index (χ3v) is 4.62. The largest absolute Gasteiger partial charge is 0.497 e. The molecule has 0 spiro atoms. The number of amides is 3. The molecule has 0 saturated heterocycles. The van der Waals surface area contributed by atoms with Gasteiger partial charge in [0.15, 0.2) is 18.1 Å². The van der Waals surface area contributed by atoms with Crippen LogP contribution in [0, 0.1) is 0 Å². The Hall–Kier alpha value is -4.12. The van der Waals surface area contributed by atoms with Gasteiger partial charge in [-0.15, -0.1) is 0 Å². The highest BCUT2D eigenvalue weighted by molar-refractivity contribution is 6.35. The van der Waals surface area contributed by atoms with Crippen molar-refractivity contribution >= 4 is 29.6 Å². The molecule has 0 aliphatic heterocycles. The van der Waals surface area contributed by atoms with Crippen molar-refractivity contribution in [1.29, 1.82) is 0 Å². The summed E-state index contributed by atoms with van der Waals surface area (Å²) in [4.78, 5) is 36.0. The molecule has 0 fully saturated rings. The maximum absolute atomic E-state index is 12.3. The second kappa shape index (κ2) is 15.8. The van der Waals surface area contributed by atoms with E-state index in [9.17, 15) is 14.4 Å². The topological polar surface area (TPSA) is 137 Å². The Morgan fingerprint density at radius 2 is 1.84 bits per heavy atom. The van der Waals surface area contributed by atoms with Crippen molar-refractivity contribution in [2.24, 2.45) is 5.10 Å². The second-order valence-corrected chi connectivity index (χ2v) is 7.94. The predicted molar refractivity (Wildman–Crippen MR) is 139 cm³/mol. The molecular weight excluding hydrogens is 480 g/mol. The lowest BCUT2D eigenvalue weighted by atomic mass is 10.2. The average molecular weight is 515 g/mol. The van der Waals surface area contributed by atoms with Crippen LogP contribution in [0.1, 0.15) is 32.8 Å². The van der Waals surface area contributed by atoms with Gasteiger partial charge >= 0.3 is 11.8 Å². The van der Waals surface area contributed by atoms with Crippen LogP contribution in [0.25, 0.3) is 0 Å². The van der Waals surface area contributed by atoms with E-state index in [1.165, 1.54) is 6.21 Å². The molecule has 0 radical (unpaired) electrons. The minimum atomic E-state index is -0.881. The van der Waals surface area contributed by atoms with E-state index in [2.05, 4.69) is 21.2 Å². The Bertz CT molecular complexity index is 1070. The fourth-order valence-corrected chi connectivity index (χ4v) is 2.92. The Morgan fingerprint density at radius 1 is 1.03 bits per heavy atom. The van der Waals surface area contributed by atoms with Crippen LogP contribution < -0.4 is 30.3 Å². The quantitative estimate of drug-likeness (QED) is 0.152. The van der Waals surface area contributed by atoms with Gasteiger partial charge in [-0.1, -0.05) is 6.07 Å². The number of hydrogen-bond donors (Lipinski definition) is 3. The van der Waals surface area contributed by atoms with Gasteiger partial charge < -0.3 is 29.6 Å². The Labute approximate surface area is 216 Å². The van der Waals surface area contributed by atoms with E-state index in [1.54, 1.807) is 49.6 Å². The van der Waals surface area contributed by atoms with Crippen molar-refractivity contribution < 1.29 is 33.3 Å². The first-order chi connectivity index (χ1) is 17.8. The molecule has 0 atom stereocenters. The maximum atomic E-state index is 12.3. The van der Waals surface area contributed by atoms with Gasteiger partial charge in [0.2, 0.25) is 0 Å². The third-order valence-electron chi connectivity index (χ3n) is 4.62. The van der Waals surface area contributed by atoms with Crippen molar-refractivity contribution in [3.05, 3.63) is 48.0 Å². The maximum Gasteiger partial charge on any atom is 0.329 e. The van der Waals surface area contributed by atoms with E-state index < -0.39 is 11.8 Å². The molecule has 0 heterocycles. The summed E-state index contributed by atoms with van der Waals surface area (Å²) < 4.78 is 21.8. The zero-order valence-electron chi connectivity index (χ0n) is 21.5. The van der Waals surface area contributed by atoms with Crippen LogP contribution in [0.4, 0.5) is 5.69 Å². The molecular formula is C26H34N4O7. The molecule has 0 aromatic heterocycles. The standard InChI is InChI=1S/C26H34N4O7/c1-5-35-23-14-19(16-28-30-26(33)25(32)27-12-7-13-36-18(2)3)10-11-22(23)37-17-24(31)29-20-8-6-9-21(15-20)34-4/h6,8-11,14-16,18H,5,7,12-13,17H2,1-4H3,(H,27,32)(H,29,31)(H,30,33)/b28-16-. The van der Waals surface area contributed by atoms with Crippen molar-refractivity contribution in [3.8, 4) is 17.2 Å². The van der Waals surface area contributed by atoms with Crippen molar-refractivity contribution in [3.63, 3.8) is 0 Å². The monoisotopic (exact) mass is 514 g/mol. The molecule has 200 valence electrons. The normalized spacial score (nSPS) is 10.7. The molecule has 0 unspecified atom stereocenters. The Balaban J connectivity index is 1.86. The van der Waals surface area contributed by atoms with Crippen LogP contribution in [0.2, 0.25) is 0 Å². The van der Waals surface area contributed by atoms with Crippen LogP contribution in [0.3, 0.4) is 0 Å². The number of hydrogen-bond acceptors (Lipinski definition) is 8. The molecule has 3 amide bonds. The minimum Gasteiger partial charge on any atom is -0.497 e. The van der Waals surface area contributed by atoms with Crippen LogP contribution >= 0.6 is 0 Å². The smallest absolute Gasteiger partial charge is 0.329 e. The first-order valence-electron chi connectivity index (χ1n) is 11.9. The first-order valence-corrected chi connectivity index (χ1v) is 11.9. The van der Waals surface area contributed by atoms with Crippen molar-refractivity contribution in [1.82, 2.24) is 10.7 Å². The summed E-state index contributed by atoms with van der Waals surface area (Å²) in [5, 5.41) is 9.05. The van der Waals surface area contributed by atoms with Crippen LogP contribution in [0.15, 0.2) is 47.6 Å².